The van der Waals surface area contributed by atoms with Gasteiger partial charge in [-0.1, -0.05) is 53.2 Å². The van der Waals surface area contributed by atoms with Crippen LogP contribution in [-0.2, 0) is 42.7 Å². The SMILES string of the molecule is CC1OC(OC2C(OC(=O)C34CCC(C)(C)CC3C3=CCC5C6(C)CC(O)C(OC7OC(CO)C(O)C(O)C7O)C(C)(CO)C6CCC5(C)C3(C)CC4O)OCC(O)C2O)C(O)C(O)C1OC1OCC(O)C(O)C1O. The van der Waals surface area contributed by atoms with Crippen LogP contribution in [0.5, 0.6) is 0 Å². The molecule has 8 fully saturated rings. The lowest BCUT2D eigenvalue weighted by molar-refractivity contribution is -0.369. The molecule has 23 heteroatoms. The van der Waals surface area contributed by atoms with E-state index in [0.717, 1.165) is 5.57 Å². The summed E-state index contributed by atoms with van der Waals surface area (Å²) in [6.45, 7) is 12.1. The Balaban J connectivity index is 0.962. The van der Waals surface area contributed by atoms with Crippen molar-refractivity contribution in [2.45, 2.75) is 229 Å². The largest absolute Gasteiger partial charge is 0.432 e. The monoisotopic (exact) mass is 1080 g/mol. The van der Waals surface area contributed by atoms with Gasteiger partial charge in [0.05, 0.1) is 50.8 Å². The normalized spacial score (nSPS) is 55.8. The molecule has 23 nitrogen and oxygen atoms in total. The van der Waals surface area contributed by atoms with Gasteiger partial charge < -0.3 is 109 Å². The molecule has 0 aromatic carbocycles. The topological polar surface area (TPSA) is 374 Å². The van der Waals surface area contributed by atoms with E-state index in [-0.39, 0.29) is 43.1 Å². The Labute approximate surface area is 436 Å². The van der Waals surface area contributed by atoms with Crippen LogP contribution in [0.25, 0.3) is 0 Å². The molecule has 0 aromatic rings. The number of aliphatic hydroxyl groups is 14. The maximum atomic E-state index is 15.3. The van der Waals surface area contributed by atoms with Gasteiger partial charge in [-0.3, -0.25) is 4.79 Å². The van der Waals surface area contributed by atoms with Crippen LogP contribution < -0.4 is 0 Å². The Morgan fingerprint density at radius 3 is 1.91 bits per heavy atom. The summed E-state index contributed by atoms with van der Waals surface area (Å²) in [6, 6.07) is 0. The highest BCUT2D eigenvalue weighted by molar-refractivity contribution is 5.80. The van der Waals surface area contributed by atoms with Crippen LogP contribution in [-0.4, -0.2) is 233 Å². The minimum absolute atomic E-state index is 0.120. The highest BCUT2D eigenvalue weighted by Gasteiger charge is 2.73. The van der Waals surface area contributed by atoms with Crippen LogP contribution in [0, 0.1) is 50.2 Å². The zero-order valence-corrected chi connectivity index (χ0v) is 43.9. The minimum Gasteiger partial charge on any atom is -0.432 e. The number of ether oxygens (including phenoxy) is 8. The van der Waals surface area contributed by atoms with Crippen LogP contribution in [0.4, 0.5) is 0 Å². The molecule has 0 aromatic heterocycles. The van der Waals surface area contributed by atoms with Crippen LogP contribution in [0.2, 0.25) is 0 Å². The molecule has 0 spiro atoms. The Hall–Kier alpha value is -1.63. The maximum Gasteiger partial charge on any atom is 0.317 e. The van der Waals surface area contributed by atoms with Crippen molar-refractivity contribution in [3.63, 3.8) is 0 Å². The molecule has 0 amide bonds. The molecule has 4 saturated carbocycles. The minimum atomic E-state index is -1.90. The van der Waals surface area contributed by atoms with E-state index < -0.39 is 188 Å². The number of carbonyl (C=O) groups excluding carboxylic acids is 1. The molecule has 4 aliphatic heterocycles. The molecule has 4 heterocycles. The van der Waals surface area contributed by atoms with E-state index in [0.29, 0.717) is 32.1 Å². The first-order valence-corrected chi connectivity index (χ1v) is 26.9. The molecular formula is C52H84O23. The Bertz CT molecular complexity index is 2080. The predicted molar refractivity (Wildman–Crippen MR) is 254 cm³/mol. The van der Waals surface area contributed by atoms with Gasteiger partial charge in [0.15, 0.2) is 25.0 Å². The zero-order chi connectivity index (χ0) is 54.9. The van der Waals surface area contributed by atoms with Gasteiger partial charge >= 0.3 is 5.97 Å². The second kappa shape index (κ2) is 20.7. The van der Waals surface area contributed by atoms with E-state index in [9.17, 15) is 71.5 Å². The third-order valence-corrected chi connectivity index (χ3v) is 20.7. The quantitative estimate of drug-likeness (QED) is 0.0596. The Morgan fingerprint density at radius 2 is 1.24 bits per heavy atom. The maximum absolute atomic E-state index is 15.3. The summed E-state index contributed by atoms with van der Waals surface area (Å²) < 4.78 is 47.1. The average molecular weight is 1080 g/mol. The van der Waals surface area contributed by atoms with E-state index in [1.54, 1.807) is 0 Å². The predicted octanol–water partition coefficient (Wildman–Crippen LogP) is -2.82. The summed E-state index contributed by atoms with van der Waals surface area (Å²) in [5.74, 6) is -1.73. The number of esters is 1. The van der Waals surface area contributed by atoms with E-state index in [1.807, 2.05) is 6.92 Å². The van der Waals surface area contributed by atoms with E-state index >= 15 is 4.79 Å². The summed E-state index contributed by atoms with van der Waals surface area (Å²) in [7, 11) is 0. The van der Waals surface area contributed by atoms with Crippen molar-refractivity contribution < 1.29 is 114 Å². The fourth-order valence-corrected chi connectivity index (χ4v) is 16.2. The number of hydrogen-bond donors (Lipinski definition) is 14. The smallest absolute Gasteiger partial charge is 0.317 e. The summed E-state index contributed by atoms with van der Waals surface area (Å²) in [5, 5.41) is 153. The first-order valence-electron chi connectivity index (χ1n) is 26.9. The molecular weight excluding hydrogens is 993 g/mol. The molecule has 5 aliphatic carbocycles. The molecule has 430 valence electrons. The number of rotatable bonds is 10. The highest BCUT2D eigenvalue weighted by atomic mass is 16.8. The van der Waals surface area contributed by atoms with Crippen LogP contribution in [0.15, 0.2) is 11.6 Å². The van der Waals surface area contributed by atoms with Crippen molar-refractivity contribution in [2.75, 3.05) is 26.4 Å². The first kappa shape index (κ1) is 58.0. The van der Waals surface area contributed by atoms with Crippen molar-refractivity contribution in [2.24, 2.45) is 50.2 Å². The lowest BCUT2D eigenvalue weighted by Gasteiger charge is -2.72. The molecule has 14 N–H and O–H groups in total. The molecule has 0 bridgehead atoms. The summed E-state index contributed by atoms with van der Waals surface area (Å²) in [4.78, 5) is 15.3. The highest BCUT2D eigenvalue weighted by Crippen LogP contribution is 2.76. The number of fused-ring (bicyclic) bond motifs is 7. The number of hydrogen-bond acceptors (Lipinski definition) is 23. The van der Waals surface area contributed by atoms with Crippen molar-refractivity contribution in [1.29, 1.82) is 0 Å². The van der Waals surface area contributed by atoms with Gasteiger partial charge in [-0.25, -0.2) is 0 Å². The third kappa shape index (κ3) is 9.20. The van der Waals surface area contributed by atoms with E-state index in [2.05, 4.69) is 40.7 Å². The average Bonchev–Trinajstić information content (AvgIpc) is 3.35. The summed E-state index contributed by atoms with van der Waals surface area (Å²) in [6.07, 6.45) is -26.6. The van der Waals surface area contributed by atoms with Gasteiger partial charge in [0.1, 0.15) is 78.7 Å². The second-order valence-electron chi connectivity index (χ2n) is 25.5. The lowest BCUT2D eigenvalue weighted by atomic mass is 9.33. The van der Waals surface area contributed by atoms with Gasteiger partial charge in [-0.2, -0.15) is 0 Å². The summed E-state index contributed by atoms with van der Waals surface area (Å²) in [5.41, 5.74) is -3.78. The molecule has 9 rings (SSSR count). The summed E-state index contributed by atoms with van der Waals surface area (Å²) >= 11 is 0. The van der Waals surface area contributed by atoms with Crippen molar-refractivity contribution in [3.8, 4) is 0 Å². The number of carbonyl (C=O) groups is 1. The van der Waals surface area contributed by atoms with E-state index in [4.69, 9.17) is 37.9 Å². The van der Waals surface area contributed by atoms with Gasteiger partial charge in [-0.05, 0) is 97.7 Å². The molecule has 9 aliphatic rings. The molecule has 29 unspecified atom stereocenters. The van der Waals surface area contributed by atoms with Gasteiger partial charge in [0.2, 0.25) is 6.29 Å². The van der Waals surface area contributed by atoms with Gasteiger partial charge in [0.25, 0.3) is 0 Å². The fraction of sp³-hybridized carbons (Fsp3) is 0.942. The molecule has 0 radical (unpaired) electrons. The first-order chi connectivity index (χ1) is 35.0. The molecule has 29 atom stereocenters. The third-order valence-electron chi connectivity index (χ3n) is 20.7. The molecule has 4 saturated heterocycles. The Kier molecular flexibility index (Phi) is 16.0. The van der Waals surface area contributed by atoms with Gasteiger partial charge in [-0.15, -0.1) is 0 Å². The lowest BCUT2D eigenvalue weighted by Crippen LogP contribution is -2.70. The van der Waals surface area contributed by atoms with Crippen molar-refractivity contribution in [3.05, 3.63) is 11.6 Å². The van der Waals surface area contributed by atoms with Crippen LogP contribution in [0.1, 0.15) is 99.8 Å². The van der Waals surface area contributed by atoms with E-state index in [1.165, 1.54) is 6.92 Å². The standard InChI is InChI=1S/C52H84O23/c1-21-39(72-42-36(64)31(59)25(56)18-68-42)35(63)38(66)43(70-21)73-40-32(60)26(57)19-69-45(40)75-46(67)52-13-12-47(2,3)14-23(52)22-8-9-29-48(4)15-24(55)41(74-44-37(65)34(62)33(61)27(17-53)71-44)49(5,20-54)28(48)10-11-50(29,6)51(22,7)16-30(52)58/h8,21,23-45,53-66H,9-20H2,1-7H3. The zero-order valence-electron chi connectivity index (χ0n) is 43.9. The van der Waals surface area contributed by atoms with Crippen LogP contribution in [0.3, 0.4) is 0 Å². The van der Waals surface area contributed by atoms with Gasteiger partial charge in [0, 0.05) is 5.41 Å². The fourth-order valence-electron chi connectivity index (χ4n) is 16.2. The van der Waals surface area contributed by atoms with Crippen LogP contribution >= 0.6 is 0 Å². The second-order valence-corrected chi connectivity index (χ2v) is 25.5. The molecule has 75 heavy (non-hydrogen) atoms. The number of allylic oxidation sites excluding steroid dienone is 2. The van der Waals surface area contributed by atoms with Crippen molar-refractivity contribution in [1.82, 2.24) is 0 Å². The number of aliphatic hydroxyl groups excluding tert-OH is 14. The van der Waals surface area contributed by atoms with Crippen molar-refractivity contribution >= 4 is 5.97 Å². The Morgan fingerprint density at radius 1 is 0.627 bits per heavy atom.